The summed E-state index contributed by atoms with van der Waals surface area (Å²) in [6.07, 6.45) is 4.23. The highest BCUT2D eigenvalue weighted by atomic mass is 16.6. The summed E-state index contributed by atoms with van der Waals surface area (Å²) in [6.45, 7) is 2.06. The van der Waals surface area contributed by atoms with Gasteiger partial charge in [-0.25, -0.2) is 9.78 Å². The minimum Gasteiger partial charge on any atom is -0.482 e. The summed E-state index contributed by atoms with van der Waals surface area (Å²) in [7, 11) is 0. The highest BCUT2D eigenvalue weighted by Crippen LogP contribution is 2.44. The third kappa shape index (κ3) is 5.51. The van der Waals surface area contributed by atoms with Crippen molar-refractivity contribution in [1.82, 2.24) is 4.98 Å². The lowest BCUT2D eigenvalue weighted by Crippen LogP contribution is -2.15. The van der Waals surface area contributed by atoms with Gasteiger partial charge in [0.05, 0.1) is 6.61 Å². The SMILES string of the molecule is CCOC(=O)COc1cccc(C2CCCC(c3nc(-c4ccccc4)c(-c4ccccc4)o3)C2)c1. The van der Waals surface area contributed by atoms with E-state index in [1.807, 2.05) is 54.6 Å². The molecule has 1 saturated carbocycles. The Kier molecular flexibility index (Phi) is 7.46. The van der Waals surface area contributed by atoms with Crippen LogP contribution in [0.5, 0.6) is 5.75 Å². The van der Waals surface area contributed by atoms with Gasteiger partial charge in [-0.15, -0.1) is 0 Å². The molecule has 3 aromatic carbocycles. The van der Waals surface area contributed by atoms with Crippen molar-refractivity contribution >= 4 is 5.97 Å². The van der Waals surface area contributed by atoms with Gasteiger partial charge in [0.2, 0.25) is 0 Å². The zero-order valence-corrected chi connectivity index (χ0v) is 20.6. The molecule has 36 heavy (non-hydrogen) atoms. The Morgan fingerprint density at radius 3 is 2.39 bits per heavy atom. The molecule has 5 rings (SSSR count). The smallest absolute Gasteiger partial charge is 0.344 e. The Labute approximate surface area is 212 Å². The second-order valence-electron chi connectivity index (χ2n) is 9.19. The third-order valence-electron chi connectivity index (χ3n) is 6.74. The first kappa shape index (κ1) is 23.9. The lowest BCUT2D eigenvalue weighted by Gasteiger charge is -2.28. The summed E-state index contributed by atoms with van der Waals surface area (Å²) < 4.78 is 17.1. The predicted octanol–water partition coefficient (Wildman–Crippen LogP) is 7.39. The van der Waals surface area contributed by atoms with Crippen molar-refractivity contribution in [1.29, 1.82) is 0 Å². The van der Waals surface area contributed by atoms with Crippen LogP contribution in [0.2, 0.25) is 0 Å². The Hall–Kier alpha value is -3.86. The minimum absolute atomic E-state index is 0.0780. The zero-order chi connectivity index (χ0) is 24.7. The van der Waals surface area contributed by atoms with Crippen LogP contribution in [0, 0.1) is 0 Å². The monoisotopic (exact) mass is 481 g/mol. The highest BCUT2D eigenvalue weighted by molar-refractivity contribution is 5.76. The molecule has 184 valence electrons. The molecule has 2 atom stereocenters. The molecule has 0 radical (unpaired) electrons. The quantitative estimate of drug-likeness (QED) is 0.246. The fourth-order valence-corrected chi connectivity index (χ4v) is 5.01. The Balaban J connectivity index is 1.38. The first-order valence-electron chi connectivity index (χ1n) is 12.7. The van der Waals surface area contributed by atoms with Crippen LogP contribution in [0.15, 0.2) is 89.3 Å². The van der Waals surface area contributed by atoms with Crippen molar-refractivity contribution in [2.75, 3.05) is 13.2 Å². The van der Waals surface area contributed by atoms with Crippen LogP contribution in [0.25, 0.3) is 22.6 Å². The Morgan fingerprint density at radius 2 is 1.64 bits per heavy atom. The Morgan fingerprint density at radius 1 is 0.917 bits per heavy atom. The van der Waals surface area contributed by atoms with Crippen LogP contribution in [-0.2, 0) is 9.53 Å². The number of ether oxygens (including phenoxy) is 2. The first-order chi connectivity index (χ1) is 17.7. The number of carbonyl (C=O) groups excluding carboxylic acids is 1. The average Bonchev–Trinajstić information content (AvgIpc) is 3.39. The van der Waals surface area contributed by atoms with Gasteiger partial charge in [0, 0.05) is 17.0 Å². The number of hydrogen-bond acceptors (Lipinski definition) is 5. The molecule has 0 aliphatic heterocycles. The van der Waals surface area contributed by atoms with E-state index in [0.29, 0.717) is 18.3 Å². The van der Waals surface area contributed by atoms with E-state index >= 15 is 0 Å². The van der Waals surface area contributed by atoms with Crippen LogP contribution in [0.1, 0.15) is 55.9 Å². The molecule has 0 spiro atoms. The van der Waals surface area contributed by atoms with Gasteiger partial charge in [0.1, 0.15) is 11.4 Å². The van der Waals surface area contributed by atoms with Crippen molar-refractivity contribution in [3.63, 3.8) is 0 Å². The molecule has 4 aromatic rings. The minimum atomic E-state index is -0.354. The maximum atomic E-state index is 11.7. The number of esters is 1. The van der Waals surface area contributed by atoms with E-state index in [1.54, 1.807) is 6.92 Å². The third-order valence-corrected chi connectivity index (χ3v) is 6.74. The van der Waals surface area contributed by atoms with Gasteiger partial charge in [0.25, 0.3) is 0 Å². The van der Waals surface area contributed by atoms with Gasteiger partial charge in [-0.05, 0) is 49.8 Å². The molecule has 1 heterocycles. The number of nitrogens with zero attached hydrogens (tertiary/aromatic N) is 1. The number of aromatic nitrogens is 1. The second kappa shape index (κ2) is 11.3. The molecule has 0 N–H and O–H groups in total. The van der Waals surface area contributed by atoms with E-state index in [1.165, 1.54) is 5.56 Å². The molecule has 1 aliphatic rings. The van der Waals surface area contributed by atoms with Crippen molar-refractivity contribution in [2.45, 2.75) is 44.4 Å². The van der Waals surface area contributed by atoms with Crippen molar-refractivity contribution in [3.8, 4) is 28.3 Å². The van der Waals surface area contributed by atoms with Crippen LogP contribution in [0.3, 0.4) is 0 Å². The summed E-state index contributed by atoms with van der Waals surface area (Å²) in [5.41, 5.74) is 4.21. The molecule has 1 aliphatic carbocycles. The summed E-state index contributed by atoms with van der Waals surface area (Å²) in [4.78, 5) is 16.7. The highest BCUT2D eigenvalue weighted by Gasteiger charge is 2.29. The van der Waals surface area contributed by atoms with Crippen LogP contribution < -0.4 is 4.74 Å². The molecule has 5 nitrogen and oxygen atoms in total. The number of oxazole rings is 1. The number of benzene rings is 3. The largest absolute Gasteiger partial charge is 0.482 e. The summed E-state index contributed by atoms with van der Waals surface area (Å²) in [5, 5.41) is 0. The van der Waals surface area contributed by atoms with Crippen LogP contribution >= 0.6 is 0 Å². The molecule has 5 heteroatoms. The molecule has 1 fully saturated rings. The summed E-state index contributed by atoms with van der Waals surface area (Å²) >= 11 is 0. The van der Waals surface area contributed by atoms with Gasteiger partial charge < -0.3 is 13.9 Å². The van der Waals surface area contributed by atoms with E-state index in [0.717, 1.165) is 54.2 Å². The van der Waals surface area contributed by atoms with E-state index in [9.17, 15) is 4.79 Å². The van der Waals surface area contributed by atoms with Crippen LogP contribution in [0.4, 0.5) is 0 Å². The van der Waals surface area contributed by atoms with E-state index in [-0.39, 0.29) is 18.5 Å². The fourth-order valence-electron chi connectivity index (χ4n) is 5.01. The van der Waals surface area contributed by atoms with Gasteiger partial charge in [-0.3, -0.25) is 0 Å². The van der Waals surface area contributed by atoms with Crippen molar-refractivity contribution in [2.24, 2.45) is 0 Å². The normalized spacial score (nSPS) is 17.5. The zero-order valence-electron chi connectivity index (χ0n) is 20.6. The summed E-state index contributed by atoms with van der Waals surface area (Å²) in [5.74, 6) is 2.60. The fraction of sp³-hybridized carbons (Fsp3) is 0.290. The maximum absolute atomic E-state index is 11.7. The van der Waals surface area contributed by atoms with Crippen molar-refractivity contribution < 1.29 is 18.7 Å². The Bertz CT molecular complexity index is 1230. The van der Waals surface area contributed by atoms with E-state index in [4.69, 9.17) is 18.9 Å². The molecular weight excluding hydrogens is 450 g/mol. The number of hydrogen-bond donors (Lipinski definition) is 0. The molecule has 0 bridgehead atoms. The molecular formula is C31H31NO4. The van der Waals surface area contributed by atoms with Gasteiger partial charge >= 0.3 is 5.97 Å². The first-order valence-corrected chi connectivity index (χ1v) is 12.7. The van der Waals surface area contributed by atoms with Gasteiger partial charge in [-0.1, -0.05) is 79.2 Å². The molecule has 0 saturated heterocycles. The lowest BCUT2D eigenvalue weighted by molar-refractivity contribution is -0.145. The average molecular weight is 482 g/mol. The lowest BCUT2D eigenvalue weighted by atomic mass is 9.78. The topological polar surface area (TPSA) is 61.6 Å². The molecule has 0 amide bonds. The van der Waals surface area contributed by atoms with Crippen molar-refractivity contribution in [3.05, 3.63) is 96.4 Å². The second-order valence-corrected chi connectivity index (χ2v) is 9.19. The standard InChI is InChI=1S/C31H31NO4/c1-2-34-28(33)21-35-27-18-10-16-25(20-27)24-15-9-17-26(19-24)31-32-29(22-11-5-3-6-12-22)30(36-31)23-13-7-4-8-14-23/h3-8,10-14,16,18,20,24,26H,2,9,15,17,19,21H2,1H3. The van der Waals surface area contributed by atoms with E-state index < -0.39 is 0 Å². The maximum Gasteiger partial charge on any atom is 0.344 e. The van der Waals surface area contributed by atoms with E-state index in [2.05, 4.69) is 30.3 Å². The van der Waals surface area contributed by atoms with Crippen LogP contribution in [-0.4, -0.2) is 24.2 Å². The molecule has 1 aromatic heterocycles. The predicted molar refractivity (Wildman–Crippen MR) is 140 cm³/mol. The number of carbonyl (C=O) groups is 1. The molecule has 2 unspecified atom stereocenters. The number of rotatable bonds is 8. The van der Waals surface area contributed by atoms with Gasteiger partial charge in [0.15, 0.2) is 18.3 Å². The van der Waals surface area contributed by atoms with Gasteiger partial charge in [-0.2, -0.15) is 0 Å². The summed E-state index contributed by atoms with van der Waals surface area (Å²) in [6, 6.07) is 28.5.